The molecule has 0 N–H and O–H groups in total. The van der Waals surface area contributed by atoms with Crippen LogP contribution in [0.2, 0.25) is 0 Å². The quantitative estimate of drug-likeness (QED) is 0.629. The molecule has 2 aliphatic rings. The second-order valence-electron chi connectivity index (χ2n) is 7.75. The van der Waals surface area contributed by atoms with Gasteiger partial charge in [-0.1, -0.05) is 6.07 Å². The van der Waals surface area contributed by atoms with E-state index in [9.17, 15) is 4.79 Å². The molecule has 0 saturated heterocycles. The predicted octanol–water partition coefficient (Wildman–Crippen LogP) is 4.58. The Kier molecular flexibility index (Phi) is 4.04. The Balaban J connectivity index is 1.64. The molecular formula is C21H24N4OS. The molecule has 3 aromatic heterocycles. The normalized spacial score (nSPS) is 18.0. The Morgan fingerprint density at radius 1 is 1.37 bits per heavy atom. The molecule has 1 amide bonds. The van der Waals surface area contributed by atoms with Gasteiger partial charge in [0.15, 0.2) is 5.65 Å². The molecule has 2 aliphatic carbocycles. The molecule has 2 saturated carbocycles. The van der Waals surface area contributed by atoms with Crippen molar-refractivity contribution in [2.45, 2.75) is 58.2 Å². The first-order valence-electron chi connectivity index (χ1n) is 9.90. The second-order valence-corrected chi connectivity index (χ2v) is 8.70. The third kappa shape index (κ3) is 2.96. The molecule has 5 nitrogen and oxygen atoms in total. The van der Waals surface area contributed by atoms with Crippen molar-refractivity contribution in [2.75, 3.05) is 0 Å². The van der Waals surface area contributed by atoms with Crippen LogP contribution in [0.3, 0.4) is 0 Å². The van der Waals surface area contributed by atoms with E-state index in [1.807, 2.05) is 28.4 Å². The van der Waals surface area contributed by atoms with Crippen molar-refractivity contribution >= 4 is 28.3 Å². The smallest absolute Gasteiger partial charge is 0.255 e. The molecule has 0 radical (unpaired) electrons. The topological polar surface area (TPSA) is 51.0 Å². The minimum absolute atomic E-state index is 0.151. The van der Waals surface area contributed by atoms with Crippen molar-refractivity contribution in [3.05, 3.63) is 35.3 Å². The summed E-state index contributed by atoms with van der Waals surface area (Å²) >= 11 is 1.65. The summed E-state index contributed by atoms with van der Waals surface area (Å²) in [4.78, 5) is 21.8. The molecule has 3 heterocycles. The first-order valence-corrected chi connectivity index (χ1v) is 10.8. The molecule has 0 spiro atoms. The zero-order chi connectivity index (χ0) is 18.5. The molecule has 5 rings (SSSR count). The maximum Gasteiger partial charge on any atom is 0.255 e. The van der Waals surface area contributed by atoms with Gasteiger partial charge in [-0.15, -0.1) is 11.3 Å². The lowest BCUT2D eigenvalue weighted by molar-refractivity contribution is 0.0656. The van der Waals surface area contributed by atoms with Crippen LogP contribution in [0.4, 0.5) is 0 Å². The fourth-order valence-electron chi connectivity index (χ4n) is 3.99. The minimum Gasteiger partial charge on any atom is -0.333 e. The highest BCUT2D eigenvalue weighted by molar-refractivity contribution is 7.13. The average Bonchev–Trinajstić information content (AvgIpc) is 3.60. The zero-order valence-electron chi connectivity index (χ0n) is 15.8. The van der Waals surface area contributed by atoms with E-state index in [0.29, 0.717) is 18.0 Å². The zero-order valence-corrected chi connectivity index (χ0v) is 16.6. The van der Waals surface area contributed by atoms with Crippen LogP contribution >= 0.6 is 11.3 Å². The van der Waals surface area contributed by atoms with Crippen LogP contribution in [-0.2, 0) is 6.54 Å². The van der Waals surface area contributed by atoms with Gasteiger partial charge in [0.2, 0.25) is 0 Å². The van der Waals surface area contributed by atoms with E-state index in [2.05, 4.69) is 29.9 Å². The van der Waals surface area contributed by atoms with Gasteiger partial charge in [-0.25, -0.2) is 9.67 Å². The van der Waals surface area contributed by atoms with Crippen molar-refractivity contribution in [3.63, 3.8) is 0 Å². The number of aryl methyl sites for hydroxylation is 1. The largest absolute Gasteiger partial charge is 0.333 e. The molecule has 27 heavy (non-hydrogen) atoms. The number of fused-ring (bicyclic) bond motifs is 1. The number of carbonyl (C=O) groups is 1. The van der Waals surface area contributed by atoms with Crippen LogP contribution < -0.4 is 0 Å². The van der Waals surface area contributed by atoms with Gasteiger partial charge in [-0.05, 0) is 63.0 Å². The Morgan fingerprint density at radius 3 is 2.81 bits per heavy atom. The fourth-order valence-corrected chi connectivity index (χ4v) is 4.67. The Hall–Kier alpha value is -2.21. The number of pyridine rings is 1. The summed E-state index contributed by atoms with van der Waals surface area (Å²) in [5, 5.41) is 7.40. The number of thiophene rings is 1. The maximum absolute atomic E-state index is 13.7. The van der Waals surface area contributed by atoms with Gasteiger partial charge in [0, 0.05) is 18.6 Å². The summed E-state index contributed by atoms with van der Waals surface area (Å²) in [7, 11) is 0. The van der Waals surface area contributed by atoms with Crippen LogP contribution in [0.5, 0.6) is 0 Å². The highest BCUT2D eigenvalue weighted by Crippen LogP contribution is 2.41. The molecule has 0 aliphatic heterocycles. The summed E-state index contributed by atoms with van der Waals surface area (Å²) in [6.45, 7) is 5.02. The lowest BCUT2D eigenvalue weighted by Gasteiger charge is -2.30. The fraction of sp³-hybridized carbons (Fsp3) is 0.476. The highest BCUT2D eigenvalue weighted by Gasteiger charge is 2.42. The molecule has 1 atom stereocenters. The lowest BCUT2D eigenvalue weighted by atomic mass is 10.1. The minimum atomic E-state index is 0.151. The molecule has 0 bridgehead atoms. The number of carbonyl (C=O) groups excluding carboxylic acids is 1. The highest BCUT2D eigenvalue weighted by atomic mass is 32.1. The number of amides is 1. The third-order valence-corrected chi connectivity index (χ3v) is 6.72. The van der Waals surface area contributed by atoms with Gasteiger partial charge in [0.05, 0.1) is 27.7 Å². The second kappa shape index (κ2) is 6.44. The van der Waals surface area contributed by atoms with E-state index in [-0.39, 0.29) is 5.91 Å². The average molecular weight is 381 g/mol. The van der Waals surface area contributed by atoms with Crippen molar-refractivity contribution in [1.82, 2.24) is 19.7 Å². The first-order chi connectivity index (χ1) is 13.2. The number of hydrogen-bond acceptors (Lipinski definition) is 4. The summed E-state index contributed by atoms with van der Waals surface area (Å²) in [5.41, 5.74) is 2.43. The summed E-state index contributed by atoms with van der Waals surface area (Å²) in [6, 6.07) is 6.79. The van der Waals surface area contributed by atoms with Crippen LogP contribution in [0.25, 0.3) is 21.6 Å². The molecule has 2 fully saturated rings. The van der Waals surface area contributed by atoms with Crippen molar-refractivity contribution < 1.29 is 4.79 Å². The first kappa shape index (κ1) is 16.9. The lowest BCUT2D eigenvalue weighted by Crippen LogP contribution is -2.41. The van der Waals surface area contributed by atoms with Gasteiger partial charge >= 0.3 is 0 Å². The maximum atomic E-state index is 13.7. The SMILES string of the molecule is CCn1ncc2c(C(=O)N(C3CC3)C(C)C3CC3)cc(-c3cccs3)nc21. The summed E-state index contributed by atoms with van der Waals surface area (Å²) < 4.78 is 1.88. The van der Waals surface area contributed by atoms with E-state index in [4.69, 9.17) is 4.98 Å². The molecule has 140 valence electrons. The standard InChI is InChI=1S/C21H24N4OS/c1-3-24-20-17(12-22-24)16(11-18(23-20)19-5-4-10-27-19)21(26)25(15-8-9-15)13(2)14-6-7-14/h4-5,10-15H,3,6-9H2,1-2H3. The molecule has 3 aromatic rings. The van der Waals surface area contributed by atoms with E-state index in [1.165, 1.54) is 12.8 Å². The molecule has 6 heteroatoms. The number of hydrogen-bond donors (Lipinski definition) is 0. The monoisotopic (exact) mass is 380 g/mol. The van der Waals surface area contributed by atoms with Gasteiger partial charge in [-0.3, -0.25) is 4.79 Å². The van der Waals surface area contributed by atoms with Gasteiger partial charge in [-0.2, -0.15) is 5.10 Å². The van der Waals surface area contributed by atoms with Crippen LogP contribution in [0, 0.1) is 5.92 Å². The Morgan fingerprint density at radius 2 is 2.19 bits per heavy atom. The van der Waals surface area contributed by atoms with Gasteiger partial charge < -0.3 is 4.90 Å². The van der Waals surface area contributed by atoms with Crippen molar-refractivity contribution in [2.24, 2.45) is 5.92 Å². The Bertz CT molecular complexity index is 985. The predicted molar refractivity (Wildman–Crippen MR) is 108 cm³/mol. The van der Waals surface area contributed by atoms with Crippen molar-refractivity contribution in [3.8, 4) is 10.6 Å². The van der Waals surface area contributed by atoms with Crippen LogP contribution in [0.1, 0.15) is 49.9 Å². The molecular weight excluding hydrogens is 356 g/mol. The summed E-state index contributed by atoms with van der Waals surface area (Å²) in [5.74, 6) is 0.819. The molecule has 0 aromatic carbocycles. The van der Waals surface area contributed by atoms with Crippen LogP contribution in [0.15, 0.2) is 29.8 Å². The van der Waals surface area contributed by atoms with E-state index >= 15 is 0 Å². The third-order valence-electron chi connectivity index (χ3n) is 5.83. The number of nitrogens with zero attached hydrogens (tertiary/aromatic N) is 4. The number of aromatic nitrogens is 3. The van der Waals surface area contributed by atoms with E-state index in [0.717, 1.165) is 46.6 Å². The Labute approximate surface area is 163 Å². The van der Waals surface area contributed by atoms with E-state index in [1.54, 1.807) is 11.3 Å². The molecule has 1 unspecified atom stereocenters. The van der Waals surface area contributed by atoms with Crippen LogP contribution in [-0.4, -0.2) is 37.7 Å². The number of rotatable bonds is 6. The summed E-state index contributed by atoms with van der Waals surface area (Å²) in [6.07, 6.45) is 6.56. The van der Waals surface area contributed by atoms with Gasteiger partial charge in [0.25, 0.3) is 5.91 Å². The van der Waals surface area contributed by atoms with E-state index < -0.39 is 0 Å². The van der Waals surface area contributed by atoms with Crippen molar-refractivity contribution in [1.29, 1.82) is 0 Å². The van der Waals surface area contributed by atoms with Gasteiger partial charge in [0.1, 0.15) is 0 Å².